The number of nitrogens with zero attached hydrogens (tertiary/aromatic N) is 3. The second kappa shape index (κ2) is 9.95. The molecule has 2 heterocycles. The molecule has 0 fully saturated rings. The maximum atomic E-state index is 13.4. The van der Waals surface area contributed by atoms with Crippen molar-refractivity contribution in [3.8, 4) is 0 Å². The summed E-state index contributed by atoms with van der Waals surface area (Å²) < 4.78 is 35.8. The van der Waals surface area contributed by atoms with Crippen molar-refractivity contribution < 1.29 is 22.7 Å². The van der Waals surface area contributed by atoms with Gasteiger partial charge in [0.15, 0.2) is 4.80 Å². The number of carbonyl (C=O) groups is 2. The van der Waals surface area contributed by atoms with Gasteiger partial charge in [0, 0.05) is 19.2 Å². The van der Waals surface area contributed by atoms with Crippen molar-refractivity contribution in [3.05, 3.63) is 88.2 Å². The van der Waals surface area contributed by atoms with Crippen LogP contribution in [0.3, 0.4) is 0 Å². The molecule has 0 atom stereocenters. The lowest BCUT2D eigenvalue weighted by Gasteiger charge is -2.30. The van der Waals surface area contributed by atoms with E-state index in [1.165, 1.54) is 39.9 Å². The highest BCUT2D eigenvalue weighted by atomic mass is 32.2. The Morgan fingerprint density at radius 2 is 1.76 bits per heavy atom. The molecule has 1 aliphatic rings. The molecule has 8 nitrogen and oxygen atoms in total. The smallest absolute Gasteiger partial charge is 0.338 e. The van der Waals surface area contributed by atoms with Crippen molar-refractivity contribution >= 4 is 49.1 Å². The monoisotopic (exact) mass is 535 g/mol. The first-order valence-electron chi connectivity index (χ1n) is 11.9. The highest BCUT2D eigenvalue weighted by Crippen LogP contribution is 2.31. The van der Waals surface area contributed by atoms with E-state index in [2.05, 4.69) is 4.99 Å². The Morgan fingerprint density at radius 1 is 1.03 bits per heavy atom. The number of fused-ring (bicyclic) bond motifs is 2. The number of rotatable bonds is 5. The zero-order valence-electron chi connectivity index (χ0n) is 20.4. The van der Waals surface area contributed by atoms with Crippen LogP contribution in [0.5, 0.6) is 0 Å². The highest BCUT2D eigenvalue weighted by molar-refractivity contribution is 7.92. The van der Waals surface area contributed by atoms with Gasteiger partial charge in [0.2, 0.25) is 0 Å². The summed E-state index contributed by atoms with van der Waals surface area (Å²) in [6.07, 6.45) is 1.59. The molecule has 0 saturated heterocycles. The number of aromatic nitrogens is 1. The van der Waals surface area contributed by atoms with Crippen LogP contribution in [0.15, 0.2) is 76.6 Å². The first-order chi connectivity index (χ1) is 17.8. The number of carbonyl (C=O) groups excluding carboxylic acids is 2. The second-order valence-corrected chi connectivity index (χ2v) is 11.5. The van der Waals surface area contributed by atoms with Crippen LogP contribution >= 0.6 is 11.3 Å². The van der Waals surface area contributed by atoms with Gasteiger partial charge in [-0.3, -0.25) is 9.10 Å². The molecule has 0 bridgehead atoms. The molecule has 0 saturated carbocycles. The Bertz CT molecular complexity index is 1690. The van der Waals surface area contributed by atoms with Crippen LogP contribution < -0.4 is 9.11 Å². The van der Waals surface area contributed by atoms with Crippen molar-refractivity contribution in [3.63, 3.8) is 0 Å². The van der Waals surface area contributed by atoms with Gasteiger partial charge < -0.3 is 9.30 Å². The number of aryl methyl sites for hydroxylation is 2. The number of amides is 1. The molecule has 1 aromatic heterocycles. The van der Waals surface area contributed by atoms with Crippen LogP contribution in [-0.2, 0) is 28.2 Å². The first kappa shape index (κ1) is 24.9. The van der Waals surface area contributed by atoms with Crippen molar-refractivity contribution in [2.24, 2.45) is 12.0 Å². The number of esters is 1. The molecular formula is C27H25N3O5S2. The van der Waals surface area contributed by atoms with Gasteiger partial charge in [-0.15, -0.1) is 0 Å². The van der Waals surface area contributed by atoms with Gasteiger partial charge in [-0.2, -0.15) is 4.99 Å². The van der Waals surface area contributed by atoms with Gasteiger partial charge in [-0.05, 0) is 73.9 Å². The third-order valence-corrected chi connectivity index (χ3v) is 9.20. The van der Waals surface area contributed by atoms with Crippen molar-refractivity contribution in [2.75, 3.05) is 17.5 Å². The molecule has 37 heavy (non-hydrogen) atoms. The van der Waals surface area contributed by atoms with Crippen molar-refractivity contribution in [1.82, 2.24) is 4.57 Å². The summed E-state index contributed by atoms with van der Waals surface area (Å²) in [7, 11) is -1.97. The van der Waals surface area contributed by atoms with Crippen LogP contribution in [-0.4, -0.2) is 38.0 Å². The van der Waals surface area contributed by atoms with E-state index in [-0.39, 0.29) is 17.1 Å². The number of thiazole rings is 1. The highest BCUT2D eigenvalue weighted by Gasteiger charge is 2.29. The van der Waals surface area contributed by atoms with E-state index >= 15 is 0 Å². The Hall–Kier alpha value is -3.76. The first-order valence-corrected chi connectivity index (χ1v) is 14.1. The Labute approximate surface area is 218 Å². The van der Waals surface area contributed by atoms with Gasteiger partial charge in [0.05, 0.1) is 33.0 Å². The van der Waals surface area contributed by atoms with E-state index in [9.17, 15) is 18.0 Å². The molecule has 3 aromatic carbocycles. The van der Waals surface area contributed by atoms with E-state index in [0.29, 0.717) is 22.6 Å². The van der Waals surface area contributed by atoms with Gasteiger partial charge in [-0.25, -0.2) is 13.2 Å². The topological polar surface area (TPSA) is 98.0 Å². The van der Waals surface area contributed by atoms with Gasteiger partial charge in [-0.1, -0.05) is 29.5 Å². The zero-order chi connectivity index (χ0) is 26.2. The Balaban J connectivity index is 1.42. The fraction of sp³-hybridized carbons (Fsp3) is 0.222. The maximum Gasteiger partial charge on any atom is 0.338 e. The lowest BCUT2D eigenvalue weighted by molar-refractivity contribution is 0.0526. The lowest BCUT2D eigenvalue weighted by atomic mass is 10.0. The fourth-order valence-corrected chi connectivity index (χ4v) is 6.98. The minimum Gasteiger partial charge on any atom is -0.462 e. The number of ether oxygens (including phenoxy) is 1. The molecule has 4 aromatic rings. The van der Waals surface area contributed by atoms with Crippen LogP contribution in [0.1, 0.15) is 39.6 Å². The summed E-state index contributed by atoms with van der Waals surface area (Å²) in [5.41, 5.74) is 3.25. The molecule has 0 unspecified atom stereocenters. The summed E-state index contributed by atoms with van der Waals surface area (Å²) >= 11 is 1.28. The predicted octanol–water partition coefficient (Wildman–Crippen LogP) is 4.30. The van der Waals surface area contributed by atoms with E-state index in [1.807, 2.05) is 24.3 Å². The van der Waals surface area contributed by atoms with Crippen LogP contribution in [0, 0.1) is 0 Å². The Morgan fingerprint density at radius 3 is 2.51 bits per heavy atom. The van der Waals surface area contributed by atoms with Crippen molar-refractivity contribution in [1.29, 1.82) is 0 Å². The summed E-state index contributed by atoms with van der Waals surface area (Å²) in [4.78, 5) is 29.8. The second-order valence-electron chi connectivity index (χ2n) is 8.60. The van der Waals surface area contributed by atoms with E-state index in [4.69, 9.17) is 4.74 Å². The van der Waals surface area contributed by atoms with Gasteiger partial charge in [0.25, 0.3) is 15.9 Å². The predicted molar refractivity (Wildman–Crippen MR) is 142 cm³/mol. The molecule has 0 spiro atoms. The minimum absolute atomic E-state index is 0.125. The molecular weight excluding hydrogens is 510 g/mol. The van der Waals surface area contributed by atoms with Crippen LogP contribution in [0.25, 0.3) is 10.2 Å². The summed E-state index contributed by atoms with van der Waals surface area (Å²) in [6, 6.07) is 18.6. The van der Waals surface area contributed by atoms with Crippen molar-refractivity contribution in [2.45, 2.75) is 24.7 Å². The quantitative estimate of drug-likeness (QED) is 0.355. The molecule has 1 aliphatic heterocycles. The number of anilines is 1. The number of benzene rings is 3. The molecule has 1 amide bonds. The summed E-state index contributed by atoms with van der Waals surface area (Å²) in [5.74, 6) is -0.891. The Kier molecular flexibility index (Phi) is 6.70. The molecule has 10 heteroatoms. The molecule has 0 N–H and O–H groups in total. The average Bonchev–Trinajstić information content (AvgIpc) is 3.22. The fourth-order valence-electron chi connectivity index (χ4n) is 4.38. The number of sulfonamides is 1. The van der Waals surface area contributed by atoms with E-state index < -0.39 is 21.9 Å². The average molecular weight is 536 g/mol. The number of para-hydroxylation sites is 1. The largest absolute Gasteiger partial charge is 0.462 e. The van der Waals surface area contributed by atoms with Crippen LogP contribution in [0.2, 0.25) is 0 Å². The van der Waals surface area contributed by atoms with E-state index in [0.717, 1.165) is 28.6 Å². The lowest BCUT2D eigenvalue weighted by Crippen LogP contribution is -2.35. The molecule has 190 valence electrons. The number of hydrogen-bond acceptors (Lipinski definition) is 6. The normalized spacial score (nSPS) is 14.0. The summed E-state index contributed by atoms with van der Waals surface area (Å²) in [5, 5.41) is 0. The summed E-state index contributed by atoms with van der Waals surface area (Å²) in [6.45, 7) is 2.45. The maximum absolute atomic E-state index is 13.4. The third-order valence-electron chi connectivity index (χ3n) is 6.27. The standard InChI is InChI=1S/C27H25N3O5S2/c1-3-35-26(32)20-12-15-23-24(17-20)36-27(29(23)2)28-25(31)19-10-13-21(14-11-19)37(33,34)30-16-6-8-18-7-4-5-9-22(18)30/h4-5,7,9-15,17H,3,6,8,16H2,1-2H3. The minimum atomic E-state index is -3.76. The van der Waals surface area contributed by atoms with E-state index in [1.54, 1.807) is 36.7 Å². The molecule has 0 aliphatic carbocycles. The zero-order valence-corrected chi connectivity index (χ0v) is 22.0. The molecule has 0 radical (unpaired) electrons. The third kappa shape index (κ3) is 4.70. The van der Waals surface area contributed by atoms with Gasteiger partial charge in [0.1, 0.15) is 0 Å². The SMILES string of the molecule is CCOC(=O)c1ccc2c(c1)sc(=NC(=O)c1ccc(S(=O)(=O)N3CCCc4ccccc43)cc1)n2C. The molecule has 5 rings (SSSR count). The van der Waals surface area contributed by atoms with Crippen LogP contribution in [0.4, 0.5) is 5.69 Å². The number of hydrogen-bond donors (Lipinski definition) is 0. The van der Waals surface area contributed by atoms with Gasteiger partial charge >= 0.3 is 5.97 Å².